The van der Waals surface area contributed by atoms with Crippen molar-refractivity contribution in [1.29, 1.82) is 0 Å². The zero-order valence-electron chi connectivity index (χ0n) is 12.9. The van der Waals surface area contributed by atoms with Gasteiger partial charge < -0.3 is 4.90 Å². The Hall–Kier alpha value is -1.80. The van der Waals surface area contributed by atoms with Crippen LogP contribution in [0.25, 0.3) is 5.57 Å². The molecule has 1 nitrogen and oxygen atoms in total. The maximum Gasteiger partial charge on any atom is 0.0647 e. The summed E-state index contributed by atoms with van der Waals surface area (Å²) in [7, 11) is 3.40. The van der Waals surface area contributed by atoms with E-state index in [2.05, 4.69) is 87.2 Å². The first-order chi connectivity index (χ1) is 9.49. The number of benzene rings is 2. The fourth-order valence-electron chi connectivity index (χ4n) is 2.20. The van der Waals surface area contributed by atoms with Crippen LogP contribution < -0.4 is 10.1 Å². The first-order valence-corrected chi connectivity index (χ1v) is 9.94. The Bertz CT molecular complexity index is 526. The molecule has 0 fully saturated rings. The molecule has 2 rings (SSSR count). The van der Waals surface area contributed by atoms with Gasteiger partial charge in [0.15, 0.2) is 0 Å². The predicted molar refractivity (Wildman–Crippen MR) is 93.9 cm³/mol. The Morgan fingerprint density at radius 2 is 1.30 bits per heavy atom. The first-order valence-electron chi connectivity index (χ1n) is 7.06. The molecule has 0 saturated carbocycles. The smallest absolute Gasteiger partial charge is 0.0647 e. The van der Waals surface area contributed by atoms with Gasteiger partial charge in [-0.3, -0.25) is 0 Å². The molecule has 0 heterocycles. The first kappa shape index (κ1) is 14.6. The van der Waals surface area contributed by atoms with Crippen molar-refractivity contribution in [2.45, 2.75) is 13.1 Å². The van der Waals surface area contributed by atoms with Crippen LogP contribution in [0, 0.1) is 0 Å². The number of hydrogen-bond donors (Lipinski definition) is 0. The van der Waals surface area contributed by atoms with Crippen molar-refractivity contribution in [3.8, 4) is 0 Å². The highest BCUT2D eigenvalue weighted by Crippen LogP contribution is 2.23. The van der Waals surface area contributed by atoms with Crippen molar-refractivity contribution in [2.75, 3.05) is 19.0 Å². The highest BCUT2D eigenvalue weighted by atomic mass is 28.3. The highest BCUT2D eigenvalue weighted by molar-refractivity contribution is 6.70. The summed E-state index contributed by atoms with van der Waals surface area (Å²) in [4.78, 5) is 2.11. The van der Waals surface area contributed by atoms with Crippen molar-refractivity contribution in [2.24, 2.45) is 0 Å². The average molecular weight is 281 g/mol. The lowest BCUT2D eigenvalue weighted by Gasteiger charge is -2.14. The normalized spacial score (nSPS) is 10.7. The second-order valence-electron chi connectivity index (χ2n) is 5.70. The van der Waals surface area contributed by atoms with Crippen LogP contribution in [-0.2, 0) is 0 Å². The van der Waals surface area contributed by atoms with Crippen LogP contribution in [0.5, 0.6) is 0 Å². The summed E-state index contributed by atoms with van der Waals surface area (Å²) in [6.07, 6.45) is 0. The molecule has 2 aromatic carbocycles. The third kappa shape index (κ3) is 3.20. The van der Waals surface area contributed by atoms with E-state index in [0.29, 0.717) is 0 Å². The van der Waals surface area contributed by atoms with E-state index in [-0.39, 0.29) is 0 Å². The quantitative estimate of drug-likeness (QED) is 0.775. The Morgan fingerprint density at radius 3 is 1.70 bits per heavy atom. The molecule has 104 valence electrons. The summed E-state index contributed by atoms with van der Waals surface area (Å²) in [5.74, 6) is 0. The molecule has 0 aliphatic heterocycles. The summed E-state index contributed by atoms with van der Waals surface area (Å²) in [5, 5.41) is 1.50. The van der Waals surface area contributed by atoms with Crippen LogP contribution >= 0.6 is 0 Å². The summed E-state index contributed by atoms with van der Waals surface area (Å²) >= 11 is 0. The molecule has 0 N–H and O–H groups in total. The second-order valence-corrected chi connectivity index (χ2v) is 8.67. The van der Waals surface area contributed by atoms with Crippen molar-refractivity contribution < 1.29 is 0 Å². The van der Waals surface area contributed by atoms with Crippen molar-refractivity contribution in [1.82, 2.24) is 0 Å². The van der Waals surface area contributed by atoms with E-state index >= 15 is 0 Å². The molecule has 0 aliphatic carbocycles. The third-order valence-corrected chi connectivity index (χ3v) is 5.38. The van der Waals surface area contributed by atoms with E-state index in [4.69, 9.17) is 0 Å². The van der Waals surface area contributed by atoms with Crippen molar-refractivity contribution in [3.05, 3.63) is 66.2 Å². The molecule has 0 radical (unpaired) electrons. The molecule has 2 aromatic rings. The molecular weight excluding hydrogens is 258 g/mol. The van der Waals surface area contributed by atoms with Crippen LogP contribution in [0.2, 0.25) is 13.1 Å². The average Bonchev–Trinajstić information content (AvgIpc) is 2.46. The fraction of sp³-hybridized carbons (Fsp3) is 0.222. The molecule has 0 unspecified atom stereocenters. The second kappa shape index (κ2) is 6.10. The molecular formula is C18H23NSi. The molecule has 0 aromatic heterocycles. The van der Waals surface area contributed by atoms with Crippen LogP contribution in [0.15, 0.2) is 55.1 Å². The zero-order chi connectivity index (χ0) is 14.7. The molecule has 0 bridgehead atoms. The van der Waals surface area contributed by atoms with E-state index in [9.17, 15) is 0 Å². The van der Waals surface area contributed by atoms with Gasteiger partial charge in [-0.2, -0.15) is 0 Å². The molecule has 0 atom stereocenters. The fourth-order valence-corrected chi connectivity index (χ4v) is 3.16. The summed E-state index contributed by atoms with van der Waals surface area (Å²) < 4.78 is 0. The SMILES string of the molecule is C=C(c1ccc(N(C)C)cc1)c1ccc([SiH](C)C)cc1. The number of rotatable bonds is 4. The minimum atomic E-state index is -0.708. The number of nitrogens with zero attached hydrogens (tertiary/aromatic N) is 1. The maximum atomic E-state index is 4.24. The molecule has 0 spiro atoms. The van der Waals surface area contributed by atoms with Gasteiger partial charge in [-0.25, -0.2) is 0 Å². The van der Waals surface area contributed by atoms with Crippen LogP contribution in [0.3, 0.4) is 0 Å². The Morgan fingerprint density at radius 1 is 0.850 bits per heavy atom. The molecule has 0 amide bonds. The Kier molecular flexibility index (Phi) is 4.45. The molecule has 0 aliphatic rings. The van der Waals surface area contributed by atoms with E-state index in [1.807, 2.05) is 0 Å². The summed E-state index contributed by atoms with van der Waals surface area (Å²) in [5.41, 5.74) is 4.70. The summed E-state index contributed by atoms with van der Waals surface area (Å²) in [6, 6.07) is 17.5. The predicted octanol–water partition coefficient (Wildman–Crippen LogP) is 3.51. The Balaban J connectivity index is 2.22. The van der Waals surface area contributed by atoms with Gasteiger partial charge in [0, 0.05) is 19.8 Å². The lowest BCUT2D eigenvalue weighted by molar-refractivity contribution is 1.13. The van der Waals surface area contributed by atoms with Gasteiger partial charge in [0.1, 0.15) is 0 Å². The van der Waals surface area contributed by atoms with E-state index in [1.165, 1.54) is 22.0 Å². The monoisotopic (exact) mass is 281 g/mol. The Labute approximate surface area is 124 Å². The van der Waals surface area contributed by atoms with Crippen molar-refractivity contribution in [3.63, 3.8) is 0 Å². The maximum absolute atomic E-state index is 4.24. The highest BCUT2D eigenvalue weighted by Gasteiger charge is 2.05. The van der Waals surface area contributed by atoms with Gasteiger partial charge in [-0.05, 0) is 28.8 Å². The van der Waals surface area contributed by atoms with Gasteiger partial charge in [0.2, 0.25) is 0 Å². The lowest BCUT2D eigenvalue weighted by Crippen LogP contribution is -2.21. The molecule has 20 heavy (non-hydrogen) atoms. The van der Waals surface area contributed by atoms with E-state index in [0.717, 1.165) is 5.57 Å². The number of anilines is 1. The van der Waals surface area contributed by atoms with E-state index < -0.39 is 8.80 Å². The minimum absolute atomic E-state index is 0.708. The van der Waals surface area contributed by atoms with Gasteiger partial charge in [-0.1, -0.05) is 61.3 Å². The van der Waals surface area contributed by atoms with Gasteiger partial charge in [0.05, 0.1) is 8.80 Å². The van der Waals surface area contributed by atoms with Crippen LogP contribution in [0.4, 0.5) is 5.69 Å². The topological polar surface area (TPSA) is 3.24 Å². The van der Waals surface area contributed by atoms with E-state index in [1.54, 1.807) is 0 Å². The molecule has 0 saturated heterocycles. The van der Waals surface area contributed by atoms with Crippen LogP contribution in [0.1, 0.15) is 11.1 Å². The number of hydrogen-bond acceptors (Lipinski definition) is 1. The third-order valence-electron chi connectivity index (χ3n) is 3.66. The minimum Gasteiger partial charge on any atom is -0.378 e. The van der Waals surface area contributed by atoms with Gasteiger partial charge in [0.25, 0.3) is 0 Å². The van der Waals surface area contributed by atoms with Crippen LogP contribution in [-0.4, -0.2) is 22.9 Å². The van der Waals surface area contributed by atoms with Gasteiger partial charge in [-0.15, -0.1) is 0 Å². The summed E-state index contributed by atoms with van der Waals surface area (Å²) in [6.45, 7) is 8.94. The molecule has 2 heteroatoms. The largest absolute Gasteiger partial charge is 0.378 e. The lowest BCUT2D eigenvalue weighted by atomic mass is 9.99. The van der Waals surface area contributed by atoms with Gasteiger partial charge >= 0.3 is 0 Å². The van der Waals surface area contributed by atoms with Crippen molar-refractivity contribution >= 4 is 25.2 Å². The zero-order valence-corrected chi connectivity index (χ0v) is 14.0. The standard InChI is InChI=1S/C18H23NSi/c1-14(15-6-10-17(11-7-15)19(2)3)16-8-12-18(13-9-16)20(4)5/h6-13,20H,1H2,2-5H3.